The SMILES string of the molecule is Cc1sc(Br)cc1C(Br)CCC1CCCC1. The van der Waals surface area contributed by atoms with Crippen molar-refractivity contribution in [1.82, 2.24) is 0 Å². The van der Waals surface area contributed by atoms with Gasteiger partial charge in [0.05, 0.1) is 3.79 Å². The van der Waals surface area contributed by atoms with Crippen molar-refractivity contribution in [2.75, 3.05) is 0 Å². The minimum Gasteiger partial charge on any atom is -0.133 e. The summed E-state index contributed by atoms with van der Waals surface area (Å²) in [7, 11) is 0. The summed E-state index contributed by atoms with van der Waals surface area (Å²) in [6, 6.07) is 2.27. The third-order valence-corrected chi connectivity index (χ3v) is 6.09. The predicted octanol–water partition coefficient (Wildman–Crippen LogP) is 6.23. The maximum Gasteiger partial charge on any atom is 0.0704 e. The summed E-state index contributed by atoms with van der Waals surface area (Å²) < 4.78 is 1.25. The minimum absolute atomic E-state index is 0.552. The van der Waals surface area contributed by atoms with Crippen LogP contribution in [0.15, 0.2) is 9.85 Å². The molecule has 0 aromatic carbocycles. The third kappa shape index (κ3) is 3.33. The number of hydrogen-bond donors (Lipinski definition) is 0. The van der Waals surface area contributed by atoms with E-state index < -0.39 is 0 Å². The molecule has 16 heavy (non-hydrogen) atoms. The van der Waals surface area contributed by atoms with E-state index in [4.69, 9.17) is 0 Å². The quantitative estimate of drug-likeness (QED) is 0.555. The van der Waals surface area contributed by atoms with Gasteiger partial charge in [0.1, 0.15) is 0 Å². The Kier molecular flexibility index (Phi) is 4.92. The van der Waals surface area contributed by atoms with E-state index in [9.17, 15) is 0 Å². The Labute approximate surface area is 119 Å². The monoisotopic (exact) mass is 364 g/mol. The van der Waals surface area contributed by atoms with Gasteiger partial charge in [-0.1, -0.05) is 41.6 Å². The Balaban J connectivity index is 1.87. The number of aryl methyl sites for hydroxylation is 1. The third-order valence-electron chi connectivity index (χ3n) is 3.57. The summed E-state index contributed by atoms with van der Waals surface area (Å²) in [6.45, 7) is 2.22. The molecule has 0 radical (unpaired) electrons. The van der Waals surface area contributed by atoms with Crippen LogP contribution in [0.2, 0.25) is 0 Å². The van der Waals surface area contributed by atoms with E-state index >= 15 is 0 Å². The van der Waals surface area contributed by atoms with Gasteiger partial charge in [-0.2, -0.15) is 0 Å². The van der Waals surface area contributed by atoms with Gasteiger partial charge in [0, 0.05) is 9.70 Å². The van der Waals surface area contributed by atoms with Crippen molar-refractivity contribution in [2.24, 2.45) is 5.92 Å². The van der Waals surface area contributed by atoms with E-state index in [0.29, 0.717) is 4.83 Å². The average Bonchev–Trinajstić information content (AvgIpc) is 2.84. The summed E-state index contributed by atoms with van der Waals surface area (Å²) in [4.78, 5) is 2.00. The number of halogens is 2. The first kappa shape index (κ1) is 13.1. The van der Waals surface area contributed by atoms with Crippen LogP contribution in [-0.4, -0.2) is 0 Å². The van der Waals surface area contributed by atoms with Crippen molar-refractivity contribution >= 4 is 43.2 Å². The highest BCUT2D eigenvalue weighted by atomic mass is 79.9. The average molecular weight is 366 g/mol. The highest BCUT2D eigenvalue weighted by Gasteiger charge is 2.18. The van der Waals surface area contributed by atoms with E-state index in [1.165, 1.54) is 52.8 Å². The van der Waals surface area contributed by atoms with Gasteiger partial charge in [-0.3, -0.25) is 0 Å². The molecule has 1 aliphatic rings. The highest BCUT2D eigenvalue weighted by molar-refractivity contribution is 9.11. The lowest BCUT2D eigenvalue weighted by Gasteiger charge is -2.13. The summed E-state index contributed by atoms with van der Waals surface area (Å²) in [5, 5.41) is 0. The summed E-state index contributed by atoms with van der Waals surface area (Å²) in [5.74, 6) is 1.00. The molecule has 0 spiro atoms. The van der Waals surface area contributed by atoms with Crippen molar-refractivity contribution in [3.63, 3.8) is 0 Å². The van der Waals surface area contributed by atoms with Gasteiger partial charge in [0.25, 0.3) is 0 Å². The fourth-order valence-corrected chi connectivity index (χ4v) is 5.27. The lowest BCUT2D eigenvalue weighted by atomic mass is 9.98. The van der Waals surface area contributed by atoms with Crippen LogP contribution in [0.5, 0.6) is 0 Å². The number of hydrogen-bond acceptors (Lipinski definition) is 1. The van der Waals surface area contributed by atoms with Crippen molar-refractivity contribution in [2.45, 2.75) is 50.3 Å². The summed E-state index contributed by atoms with van der Waals surface area (Å²) in [5.41, 5.74) is 1.48. The van der Waals surface area contributed by atoms with Gasteiger partial charge >= 0.3 is 0 Å². The second kappa shape index (κ2) is 6.01. The molecule has 0 aliphatic heterocycles. The number of alkyl halides is 1. The maximum atomic E-state index is 3.84. The largest absolute Gasteiger partial charge is 0.133 e. The molecule has 1 heterocycles. The van der Waals surface area contributed by atoms with Crippen LogP contribution in [0.4, 0.5) is 0 Å². The van der Waals surface area contributed by atoms with Crippen LogP contribution in [0.3, 0.4) is 0 Å². The highest BCUT2D eigenvalue weighted by Crippen LogP contribution is 2.39. The normalized spacial score (nSPS) is 19.2. The van der Waals surface area contributed by atoms with E-state index in [-0.39, 0.29) is 0 Å². The van der Waals surface area contributed by atoms with E-state index in [0.717, 1.165) is 5.92 Å². The van der Waals surface area contributed by atoms with Gasteiger partial charge in [-0.15, -0.1) is 11.3 Å². The molecule has 0 bridgehead atoms. The first-order valence-corrected chi connectivity index (χ1v) is 8.59. The Hall–Kier alpha value is 0.660. The van der Waals surface area contributed by atoms with Crippen LogP contribution in [-0.2, 0) is 0 Å². The van der Waals surface area contributed by atoms with Gasteiger partial charge in [0.2, 0.25) is 0 Å². The first-order valence-electron chi connectivity index (χ1n) is 6.06. The van der Waals surface area contributed by atoms with Crippen molar-refractivity contribution in [3.8, 4) is 0 Å². The van der Waals surface area contributed by atoms with Crippen LogP contribution in [0.1, 0.15) is 53.8 Å². The summed E-state index contributed by atoms with van der Waals surface area (Å²) >= 11 is 9.25. The van der Waals surface area contributed by atoms with Crippen LogP contribution in [0, 0.1) is 12.8 Å². The van der Waals surface area contributed by atoms with E-state index in [1.54, 1.807) is 0 Å². The molecule has 2 rings (SSSR count). The molecular formula is C13H18Br2S. The van der Waals surface area contributed by atoms with Crippen molar-refractivity contribution < 1.29 is 0 Å². The zero-order valence-corrected chi connectivity index (χ0v) is 13.6. The molecule has 0 nitrogen and oxygen atoms in total. The van der Waals surface area contributed by atoms with Gasteiger partial charge in [0.15, 0.2) is 0 Å². The number of thiophene rings is 1. The van der Waals surface area contributed by atoms with Crippen molar-refractivity contribution in [3.05, 3.63) is 20.3 Å². The fourth-order valence-electron chi connectivity index (χ4n) is 2.61. The molecule has 1 atom stereocenters. The molecule has 1 aromatic heterocycles. The van der Waals surface area contributed by atoms with Crippen LogP contribution < -0.4 is 0 Å². The van der Waals surface area contributed by atoms with Crippen LogP contribution >= 0.6 is 43.2 Å². The zero-order chi connectivity index (χ0) is 11.5. The molecule has 1 aliphatic carbocycles. The molecule has 0 saturated heterocycles. The first-order chi connectivity index (χ1) is 7.66. The van der Waals surface area contributed by atoms with E-state index in [2.05, 4.69) is 44.8 Å². The zero-order valence-electron chi connectivity index (χ0n) is 9.64. The number of rotatable bonds is 4. The van der Waals surface area contributed by atoms with Gasteiger partial charge in [-0.25, -0.2) is 0 Å². The van der Waals surface area contributed by atoms with Gasteiger partial charge < -0.3 is 0 Å². The maximum absolute atomic E-state index is 3.84. The van der Waals surface area contributed by atoms with Gasteiger partial charge in [-0.05, 0) is 53.2 Å². The smallest absolute Gasteiger partial charge is 0.0704 e. The lowest BCUT2D eigenvalue weighted by Crippen LogP contribution is -1.97. The Morgan fingerprint density at radius 2 is 2.12 bits per heavy atom. The second-order valence-corrected chi connectivity index (χ2v) is 8.50. The predicted molar refractivity (Wildman–Crippen MR) is 79.6 cm³/mol. The molecule has 1 fully saturated rings. The molecule has 0 N–H and O–H groups in total. The molecule has 1 unspecified atom stereocenters. The molecule has 1 saturated carbocycles. The standard InChI is InChI=1S/C13H18Br2S/c1-9-11(8-13(15)16-9)12(14)7-6-10-4-2-3-5-10/h8,10,12H,2-7H2,1H3. The minimum atomic E-state index is 0.552. The summed E-state index contributed by atoms with van der Waals surface area (Å²) in [6.07, 6.45) is 8.52. The molecular weight excluding hydrogens is 348 g/mol. The topological polar surface area (TPSA) is 0 Å². The van der Waals surface area contributed by atoms with E-state index in [1.807, 2.05) is 11.3 Å². The van der Waals surface area contributed by atoms with Crippen molar-refractivity contribution in [1.29, 1.82) is 0 Å². The van der Waals surface area contributed by atoms with Crippen LogP contribution in [0.25, 0.3) is 0 Å². The molecule has 1 aromatic rings. The Morgan fingerprint density at radius 1 is 1.44 bits per heavy atom. The lowest BCUT2D eigenvalue weighted by molar-refractivity contribution is 0.483. The molecule has 0 amide bonds. The Bertz CT molecular complexity index is 340. The Morgan fingerprint density at radius 3 is 2.69 bits per heavy atom. The second-order valence-electron chi connectivity index (χ2n) is 4.76. The molecule has 3 heteroatoms. The fraction of sp³-hybridized carbons (Fsp3) is 0.692. The molecule has 90 valence electrons.